The van der Waals surface area contributed by atoms with Crippen molar-refractivity contribution in [1.82, 2.24) is 15.0 Å². The van der Waals surface area contributed by atoms with Crippen molar-refractivity contribution in [1.29, 1.82) is 0 Å². The zero-order valence-corrected chi connectivity index (χ0v) is 24.7. The van der Waals surface area contributed by atoms with E-state index < -0.39 is 6.10 Å². The van der Waals surface area contributed by atoms with Gasteiger partial charge in [0.2, 0.25) is 0 Å². The number of aromatic nitrogens is 3. The number of aryl methyl sites for hydroxylation is 1. The van der Waals surface area contributed by atoms with Crippen LogP contribution in [0.25, 0.3) is 0 Å². The molecule has 0 radical (unpaired) electrons. The SMILES string of the molecule is CO[C@@H](c1ccc(N2C(=O)c3ccccc3Oc3ccccc32)cc1)[C@@H](C)/C=C/CCn1cc([C@H](O)c2ccccc2)nn1. The Morgan fingerprint density at radius 1 is 0.886 bits per heavy atom. The van der Waals surface area contributed by atoms with Crippen molar-refractivity contribution in [3.8, 4) is 11.5 Å². The number of methoxy groups -OCH3 is 1. The summed E-state index contributed by atoms with van der Waals surface area (Å²) in [5, 5.41) is 18.9. The van der Waals surface area contributed by atoms with Crippen molar-refractivity contribution >= 4 is 17.3 Å². The molecule has 0 unspecified atom stereocenters. The number of aliphatic hydroxyl groups excluding tert-OH is 1. The van der Waals surface area contributed by atoms with Crippen LogP contribution in [0.3, 0.4) is 0 Å². The van der Waals surface area contributed by atoms with Crippen molar-refractivity contribution < 1.29 is 19.4 Å². The third-order valence-electron chi connectivity index (χ3n) is 7.77. The Morgan fingerprint density at radius 2 is 1.59 bits per heavy atom. The molecule has 0 spiro atoms. The summed E-state index contributed by atoms with van der Waals surface area (Å²) in [5.74, 6) is 1.11. The fraction of sp³-hybridized carbons (Fsp3) is 0.194. The van der Waals surface area contributed by atoms with E-state index in [1.807, 2.05) is 97.1 Å². The Kier molecular flexibility index (Phi) is 8.63. The predicted molar refractivity (Wildman–Crippen MR) is 169 cm³/mol. The number of allylic oxidation sites excluding steroid dienone is 1. The van der Waals surface area contributed by atoms with Gasteiger partial charge in [-0.05, 0) is 53.9 Å². The van der Waals surface area contributed by atoms with E-state index in [2.05, 4.69) is 29.4 Å². The average molecular weight is 587 g/mol. The number of benzene rings is 4. The van der Waals surface area contributed by atoms with Gasteiger partial charge in [0.15, 0.2) is 5.75 Å². The van der Waals surface area contributed by atoms with Crippen LogP contribution >= 0.6 is 0 Å². The van der Waals surface area contributed by atoms with Gasteiger partial charge in [0, 0.05) is 25.3 Å². The summed E-state index contributed by atoms with van der Waals surface area (Å²) < 4.78 is 13.8. The Morgan fingerprint density at radius 3 is 2.36 bits per heavy atom. The maximum atomic E-state index is 13.7. The van der Waals surface area contributed by atoms with Gasteiger partial charge in [-0.2, -0.15) is 0 Å². The minimum Gasteiger partial charge on any atom is -0.454 e. The molecule has 0 saturated carbocycles. The number of ether oxygens (including phenoxy) is 2. The van der Waals surface area contributed by atoms with Crippen LogP contribution in [-0.2, 0) is 11.3 Å². The van der Waals surface area contributed by atoms with E-state index in [1.54, 1.807) is 29.0 Å². The standard InChI is InChI=1S/C36H34N4O4/c1-25(12-10-11-23-39-24-30(37-38-39)34(41)26-13-4-3-5-14-26)35(43-2)27-19-21-28(22-20-27)40-31-16-7-9-18-33(31)44-32-17-8-6-15-29(32)36(40)42/h3-10,12-22,24-25,34-35,41H,11,23H2,1-2H3/b12-10+/t25-,34+,35+/m0/s1. The van der Waals surface area contributed by atoms with Gasteiger partial charge in [0.05, 0.1) is 23.6 Å². The molecule has 1 aromatic heterocycles. The lowest BCUT2D eigenvalue weighted by atomic mass is 9.96. The number of carbonyl (C=O) groups is 1. The molecule has 0 saturated heterocycles. The molecule has 1 N–H and O–H groups in total. The number of amides is 1. The van der Waals surface area contributed by atoms with Gasteiger partial charge in [-0.3, -0.25) is 14.4 Å². The second-order valence-electron chi connectivity index (χ2n) is 10.7. The molecule has 6 rings (SSSR count). The van der Waals surface area contributed by atoms with Crippen LogP contribution in [-0.4, -0.2) is 33.1 Å². The highest BCUT2D eigenvalue weighted by atomic mass is 16.5. The van der Waals surface area contributed by atoms with Gasteiger partial charge < -0.3 is 14.6 Å². The highest BCUT2D eigenvalue weighted by molar-refractivity contribution is 6.14. The molecule has 5 aromatic rings. The maximum absolute atomic E-state index is 13.7. The molecule has 1 aliphatic rings. The van der Waals surface area contributed by atoms with Crippen LogP contribution in [0.15, 0.2) is 121 Å². The van der Waals surface area contributed by atoms with Crippen LogP contribution in [0.5, 0.6) is 11.5 Å². The molecule has 2 heterocycles. The molecule has 222 valence electrons. The summed E-state index contributed by atoms with van der Waals surface area (Å²) in [4.78, 5) is 15.4. The van der Waals surface area contributed by atoms with Crippen molar-refractivity contribution in [2.24, 2.45) is 5.92 Å². The molecule has 8 heteroatoms. The fourth-order valence-corrected chi connectivity index (χ4v) is 5.51. The number of para-hydroxylation sites is 3. The second-order valence-corrected chi connectivity index (χ2v) is 10.7. The number of aliphatic hydroxyl groups is 1. The minimum absolute atomic E-state index is 0.0953. The third-order valence-corrected chi connectivity index (χ3v) is 7.77. The number of anilines is 2. The number of carbonyl (C=O) groups excluding carboxylic acids is 1. The zero-order valence-electron chi connectivity index (χ0n) is 24.7. The lowest BCUT2D eigenvalue weighted by Crippen LogP contribution is -2.25. The topological polar surface area (TPSA) is 89.7 Å². The summed E-state index contributed by atoms with van der Waals surface area (Å²) in [5.41, 5.74) is 4.27. The van der Waals surface area contributed by atoms with E-state index in [9.17, 15) is 9.90 Å². The van der Waals surface area contributed by atoms with Crippen LogP contribution in [0, 0.1) is 5.92 Å². The summed E-state index contributed by atoms with van der Waals surface area (Å²) >= 11 is 0. The summed E-state index contributed by atoms with van der Waals surface area (Å²) in [7, 11) is 1.71. The van der Waals surface area contributed by atoms with E-state index in [0.717, 1.165) is 23.2 Å². The van der Waals surface area contributed by atoms with Gasteiger partial charge in [-0.1, -0.05) is 91.0 Å². The van der Waals surface area contributed by atoms with Crippen molar-refractivity contribution in [3.63, 3.8) is 0 Å². The average Bonchev–Trinajstić information content (AvgIpc) is 3.49. The van der Waals surface area contributed by atoms with E-state index in [-0.39, 0.29) is 17.9 Å². The van der Waals surface area contributed by atoms with Gasteiger partial charge in [-0.25, -0.2) is 0 Å². The molecular weight excluding hydrogens is 552 g/mol. The molecular formula is C36H34N4O4. The first-order valence-corrected chi connectivity index (χ1v) is 14.7. The van der Waals surface area contributed by atoms with Gasteiger partial charge in [0.1, 0.15) is 17.5 Å². The van der Waals surface area contributed by atoms with Crippen molar-refractivity contribution in [2.45, 2.75) is 32.1 Å². The van der Waals surface area contributed by atoms with Crippen LogP contribution in [0.2, 0.25) is 0 Å². The van der Waals surface area contributed by atoms with E-state index in [1.165, 1.54) is 0 Å². The molecule has 1 amide bonds. The lowest BCUT2D eigenvalue weighted by molar-refractivity contribution is 0.0741. The number of rotatable bonds is 10. The third kappa shape index (κ3) is 6.04. The molecule has 1 aliphatic heterocycles. The summed E-state index contributed by atoms with van der Waals surface area (Å²) in [6, 6.07) is 32.2. The Balaban J connectivity index is 1.12. The highest BCUT2D eigenvalue weighted by Crippen LogP contribution is 2.42. The van der Waals surface area contributed by atoms with Crippen molar-refractivity contribution in [3.05, 3.63) is 144 Å². The molecule has 44 heavy (non-hydrogen) atoms. The first-order valence-electron chi connectivity index (χ1n) is 14.7. The Bertz CT molecular complexity index is 1750. The van der Waals surface area contributed by atoms with E-state index >= 15 is 0 Å². The predicted octanol–water partition coefficient (Wildman–Crippen LogP) is 7.41. The van der Waals surface area contributed by atoms with Gasteiger partial charge >= 0.3 is 0 Å². The summed E-state index contributed by atoms with van der Waals surface area (Å²) in [6.45, 7) is 2.76. The number of nitrogens with zero attached hydrogens (tertiary/aromatic N) is 4. The first kappa shape index (κ1) is 29.0. The van der Waals surface area contributed by atoms with Crippen LogP contribution in [0.1, 0.15) is 52.7 Å². The molecule has 0 aliphatic carbocycles. The van der Waals surface area contributed by atoms with Gasteiger partial charge in [0.25, 0.3) is 5.91 Å². The van der Waals surface area contributed by atoms with Crippen molar-refractivity contribution in [2.75, 3.05) is 12.0 Å². The minimum atomic E-state index is -0.800. The van der Waals surface area contributed by atoms with E-state index in [4.69, 9.17) is 9.47 Å². The molecule has 0 bridgehead atoms. The molecule has 0 fully saturated rings. The lowest BCUT2D eigenvalue weighted by Gasteiger charge is -2.24. The molecule has 4 aromatic carbocycles. The normalized spacial score (nSPS) is 14.8. The quantitative estimate of drug-likeness (QED) is 0.171. The number of fused-ring (bicyclic) bond motifs is 2. The molecule has 8 nitrogen and oxygen atoms in total. The maximum Gasteiger partial charge on any atom is 0.266 e. The molecule has 3 atom stereocenters. The zero-order chi connectivity index (χ0) is 30.5. The first-order chi connectivity index (χ1) is 21.5. The smallest absolute Gasteiger partial charge is 0.266 e. The van der Waals surface area contributed by atoms with Crippen LogP contribution in [0.4, 0.5) is 11.4 Å². The Labute approximate surface area is 256 Å². The van der Waals surface area contributed by atoms with Gasteiger partial charge in [-0.15, -0.1) is 5.10 Å². The fourth-order valence-electron chi connectivity index (χ4n) is 5.51. The second kappa shape index (κ2) is 13.1. The summed E-state index contributed by atoms with van der Waals surface area (Å²) in [6.07, 6.45) is 5.82. The monoisotopic (exact) mass is 586 g/mol. The van der Waals surface area contributed by atoms with Crippen LogP contribution < -0.4 is 9.64 Å². The largest absolute Gasteiger partial charge is 0.454 e. The number of hydrogen-bond acceptors (Lipinski definition) is 6. The van der Waals surface area contributed by atoms with E-state index in [0.29, 0.717) is 35.0 Å². The Hall–Kier alpha value is -5.05. The highest BCUT2D eigenvalue weighted by Gasteiger charge is 2.29. The number of hydrogen-bond donors (Lipinski definition) is 1.